The van der Waals surface area contributed by atoms with E-state index >= 15 is 0 Å². The summed E-state index contributed by atoms with van der Waals surface area (Å²) in [5, 5.41) is 0. The van der Waals surface area contributed by atoms with Crippen molar-refractivity contribution >= 4 is 11.9 Å². The van der Waals surface area contributed by atoms with Crippen molar-refractivity contribution in [1.29, 1.82) is 0 Å². The Morgan fingerprint density at radius 3 is 1.68 bits per heavy atom. The Labute approximate surface area is 135 Å². The summed E-state index contributed by atoms with van der Waals surface area (Å²) < 4.78 is 0. The normalized spacial score (nSPS) is 10.0. The first-order valence-corrected chi connectivity index (χ1v) is 8.44. The zero-order valence-corrected chi connectivity index (χ0v) is 14.7. The van der Waals surface area contributed by atoms with Gasteiger partial charge in [-0.3, -0.25) is 0 Å². The van der Waals surface area contributed by atoms with Gasteiger partial charge >= 0.3 is 0 Å². The number of unbranched alkanes of at least 4 members (excludes halogenated alkanes) is 2. The molecule has 0 unspecified atom stereocenters. The smallest absolute Gasteiger partial charge is 0.231 e. The summed E-state index contributed by atoms with van der Waals surface area (Å²) in [6.45, 7) is 14.1. The lowest BCUT2D eigenvalue weighted by Crippen LogP contribution is -2.29. The van der Waals surface area contributed by atoms with E-state index in [4.69, 9.17) is 0 Å². The molecule has 1 heterocycles. The Bertz CT molecular complexity index is 465. The van der Waals surface area contributed by atoms with Gasteiger partial charge in [0.15, 0.2) is 0 Å². The number of anilines is 2. The van der Waals surface area contributed by atoms with Crippen molar-refractivity contribution in [2.24, 2.45) is 0 Å². The van der Waals surface area contributed by atoms with E-state index < -0.39 is 0 Å². The van der Waals surface area contributed by atoms with Crippen LogP contribution in [0.15, 0.2) is 0 Å². The van der Waals surface area contributed by atoms with Gasteiger partial charge in [0.2, 0.25) is 17.7 Å². The molecule has 0 aliphatic rings. The van der Waals surface area contributed by atoms with E-state index in [1.165, 1.54) is 0 Å². The molecule has 0 aliphatic heterocycles. The summed E-state index contributed by atoms with van der Waals surface area (Å²) in [7, 11) is 0. The van der Waals surface area contributed by atoms with E-state index in [1.807, 2.05) is 0 Å². The van der Waals surface area contributed by atoms with Crippen molar-refractivity contribution in [2.45, 2.75) is 53.9 Å². The van der Waals surface area contributed by atoms with Crippen LogP contribution in [0.2, 0.25) is 0 Å². The summed E-state index contributed by atoms with van der Waals surface area (Å²) in [6.07, 6.45) is 3.16. The van der Waals surface area contributed by atoms with Gasteiger partial charge in [-0.15, -0.1) is 0 Å². The van der Waals surface area contributed by atoms with Gasteiger partial charge in [0.05, 0.1) is 0 Å². The number of rotatable bonds is 8. The summed E-state index contributed by atoms with van der Waals surface area (Å²) in [4.78, 5) is 17.9. The number of hydrogen-bond acceptors (Lipinski definition) is 5. The minimum absolute atomic E-state index is 0.579. The third kappa shape index (κ3) is 5.18. The van der Waals surface area contributed by atoms with Gasteiger partial charge in [-0.2, -0.15) is 15.0 Å². The molecule has 0 saturated heterocycles. The number of hydrogen-bond donors (Lipinski definition) is 0. The van der Waals surface area contributed by atoms with E-state index in [1.54, 1.807) is 0 Å². The van der Waals surface area contributed by atoms with Gasteiger partial charge in [-0.25, -0.2) is 0 Å². The summed E-state index contributed by atoms with van der Waals surface area (Å²) >= 11 is 0. The van der Waals surface area contributed by atoms with Crippen molar-refractivity contribution in [3.8, 4) is 11.8 Å². The van der Waals surface area contributed by atoms with Crippen LogP contribution in [0.25, 0.3) is 0 Å². The second kappa shape index (κ2) is 9.99. The zero-order valence-electron chi connectivity index (χ0n) is 14.7. The molecule has 0 spiro atoms. The highest BCUT2D eigenvalue weighted by Crippen LogP contribution is 2.13. The van der Waals surface area contributed by atoms with Crippen LogP contribution in [0.3, 0.4) is 0 Å². The van der Waals surface area contributed by atoms with E-state index in [0.29, 0.717) is 5.82 Å². The first-order valence-electron chi connectivity index (χ1n) is 8.44. The monoisotopic (exact) mass is 303 g/mol. The van der Waals surface area contributed by atoms with Crippen molar-refractivity contribution < 1.29 is 0 Å². The van der Waals surface area contributed by atoms with Crippen LogP contribution in [-0.4, -0.2) is 41.1 Å². The molecule has 1 aromatic rings. The molecule has 0 atom stereocenters. The van der Waals surface area contributed by atoms with Crippen LogP contribution in [0.4, 0.5) is 11.9 Å². The van der Waals surface area contributed by atoms with Crippen LogP contribution in [0, 0.1) is 11.8 Å². The molecule has 22 heavy (non-hydrogen) atoms. The second-order valence-corrected chi connectivity index (χ2v) is 5.01. The Balaban J connectivity index is 3.15. The minimum Gasteiger partial charge on any atom is -0.341 e. The summed E-state index contributed by atoms with van der Waals surface area (Å²) in [5.74, 6) is 8.29. The molecule has 122 valence electrons. The van der Waals surface area contributed by atoms with Crippen LogP contribution in [-0.2, 0) is 0 Å². The van der Waals surface area contributed by atoms with Crippen LogP contribution in [0.5, 0.6) is 0 Å². The fraction of sp³-hybridized carbons (Fsp3) is 0.706. The lowest BCUT2D eigenvalue weighted by molar-refractivity contribution is 0.772. The Hall–Kier alpha value is -1.83. The van der Waals surface area contributed by atoms with E-state index in [0.717, 1.165) is 57.3 Å². The molecule has 0 N–H and O–H groups in total. The van der Waals surface area contributed by atoms with Gasteiger partial charge in [-0.1, -0.05) is 19.3 Å². The topological polar surface area (TPSA) is 45.2 Å². The van der Waals surface area contributed by atoms with Gasteiger partial charge in [0.1, 0.15) is 0 Å². The molecule has 0 saturated carbocycles. The van der Waals surface area contributed by atoms with Gasteiger partial charge in [0, 0.05) is 32.6 Å². The molecule has 0 aliphatic carbocycles. The van der Waals surface area contributed by atoms with Gasteiger partial charge < -0.3 is 9.80 Å². The molecule has 0 bridgehead atoms. The zero-order chi connectivity index (χ0) is 16.4. The molecular formula is C17H29N5. The van der Waals surface area contributed by atoms with E-state index in [-0.39, 0.29) is 0 Å². The summed E-state index contributed by atoms with van der Waals surface area (Å²) in [6, 6.07) is 0. The standard InChI is InChI=1S/C17H29N5/c1-6-11-12-13-14-15-18-16(21(7-2)8-3)20-17(19-15)22(9-4)10-5/h6-12H2,1-5H3. The molecule has 0 aromatic carbocycles. The van der Waals surface area contributed by atoms with Crippen molar-refractivity contribution in [3.05, 3.63) is 5.82 Å². The Morgan fingerprint density at radius 2 is 1.27 bits per heavy atom. The second-order valence-electron chi connectivity index (χ2n) is 5.01. The van der Waals surface area contributed by atoms with E-state index in [2.05, 4.69) is 71.2 Å². The highest BCUT2D eigenvalue weighted by molar-refractivity contribution is 5.41. The fourth-order valence-electron chi connectivity index (χ4n) is 2.11. The van der Waals surface area contributed by atoms with Gasteiger partial charge in [0.25, 0.3) is 0 Å². The minimum atomic E-state index is 0.579. The Kier molecular flexibility index (Phi) is 8.27. The average Bonchev–Trinajstić information content (AvgIpc) is 2.54. The highest BCUT2D eigenvalue weighted by atomic mass is 15.3. The average molecular weight is 303 g/mol. The maximum absolute atomic E-state index is 4.62. The number of aromatic nitrogens is 3. The molecule has 0 radical (unpaired) electrons. The highest BCUT2D eigenvalue weighted by Gasteiger charge is 2.13. The largest absolute Gasteiger partial charge is 0.341 e. The molecule has 1 rings (SSSR count). The molecule has 1 aromatic heterocycles. The molecule has 5 nitrogen and oxygen atoms in total. The van der Waals surface area contributed by atoms with Crippen molar-refractivity contribution in [1.82, 2.24) is 15.0 Å². The maximum atomic E-state index is 4.62. The Morgan fingerprint density at radius 1 is 0.773 bits per heavy atom. The summed E-state index contributed by atoms with van der Waals surface area (Å²) in [5.41, 5.74) is 0. The molecule has 5 heteroatoms. The van der Waals surface area contributed by atoms with Gasteiger partial charge in [-0.05, 0) is 40.0 Å². The SMILES string of the molecule is CCCCC#Cc1nc(N(CC)CC)nc(N(CC)CC)n1. The van der Waals surface area contributed by atoms with E-state index in [9.17, 15) is 0 Å². The predicted molar refractivity (Wildman–Crippen MR) is 93.4 cm³/mol. The third-order valence-corrected chi connectivity index (χ3v) is 3.56. The quantitative estimate of drug-likeness (QED) is 0.545. The maximum Gasteiger partial charge on any atom is 0.231 e. The first kappa shape index (κ1) is 18.2. The fourth-order valence-corrected chi connectivity index (χ4v) is 2.11. The number of nitrogens with zero attached hydrogens (tertiary/aromatic N) is 5. The lowest BCUT2D eigenvalue weighted by atomic mass is 10.2. The predicted octanol–water partition coefficient (Wildman–Crippen LogP) is 3.11. The lowest BCUT2D eigenvalue weighted by Gasteiger charge is -2.22. The molecule has 0 amide bonds. The molecule has 0 fully saturated rings. The van der Waals surface area contributed by atoms with Crippen molar-refractivity contribution in [3.63, 3.8) is 0 Å². The molecular weight excluding hydrogens is 274 g/mol. The first-order chi connectivity index (χ1) is 10.7. The van der Waals surface area contributed by atoms with Crippen LogP contribution in [0.1, 0.15) is 59.7 Å². The third-order valence-electron chi connectivity index (χ3n) is 3.56. The van der Waals surface area contributed by atoms with Crippen molar-refractivity contribution in [2.75, 3.05) is 36.0 Å². The van der Waals surface area contributed by atoms with Crippen LogP contribution < -0.4 is 9.80 Å². The van der Waals surface area contributed by atoms with Crippen LogP contribution >= 0.6 is 0 Å².